The fraction of sp³-hybridized carbons (Fsp3) is 0.0769. The molecule has 0 saturated heterocycles. The summed E-state index contributed by atoms with van der Waals surface area (Å²) in [5, 5.41) is 1.42. The summed E-state index contributed by atoms with van der Waals surface area (Å²) in [6.07, 6.45) is 0. The zero-order valence-electron chi connectivity index (χ0n) is 17.8. The van der Waals surface area contributed by atoms with Crippen molar-refractivity contribution in [2.24, 2.45) is 0 Å². The maximum absolute atomic E-state index is 13.3. The number of rotatable bonds is 4. The minimum Gasteiger partial charge on any atom is -0.457 e. The van der Waals surface area contributed by atoms with Crippen LogP contribution in [0.5, 0.6) is 0 Å². The Kier molecular flexibility index (Phi) is 5.55. The van der Waals surface area contributed by atoms with E-state index in [-0.39, 0.29) is 12.2 Å². The van der Waals surface area contributed by atoms with Crippen molar-refractivity contribution >= 4 is 57.6 Å². The highest BCUT2D eigenvalue weighted by atomic mass is 35.5. The number of halogens is 2. The quantitative estimate of drug-likeness (QED) is 0.258. The summed E-state index contributed by atoms with van der Waals surface area (Å²) in [6, 6.07) is 18.3. The van der Waals surface area contributed by atoms with Crippen LogP contribution >= 0.6 is 23.2 Å². The van der Waals surface area contributed by atoms with Crippen molar-refractivity contribution in [1.82, 2.24) is 4.98 Å². The normalized spacial score (nSPS) is 12.9. The first kappa shape index (κ1) is 22.1. The Morgan fingerprint density at radius 2 is 1.62 bits per heavy atom. The Morgan fingerprint density at radius 1 is 0.912 bits per heavy atom. The van der Waals surface area contributed by atoms with Crippen LogP contribution in [-0.4, -0.2) is 22.8 Å². The number of pyridine rings is 1. The van der Waals surface area contributed by atoms with Crippen LogP contribution in [0.2, 0.25) is 10.0 Å². The minimum absolute atomic E-state index is 0.0230. The Balaban J connectivity index is 1.38. The molecular formula is C26H16Cl2N2O4. The number of benzene rings is 3. The molecule has 2 heterocycles. The van der Waals surface area contributed by atoms with Gasteiger partial charge in [0.25, 0.3) is 11.8 Å². The molecule has 34 heavy (non-hydrogen) atoms. The summed E-state index contributed by atoms with van der Waals surface area (Å²) in [6.45, 7) is 1.74. The molecule has 0 aliphatic carbocycles. The van der Waals surface area contributed by atoms with Gasteiger partial charge in [-0.2, -0.15) is 0 Å². The predicted octanol–water partition coefficient (Wildman–Crippen LogP) is 6.01. The van der Waals surface area contributed by atoms with Gasteiger partial charge in [-0.25, -0.2) is 9.69 Å². The van der Waals surface area contributed by atoms with E-state index in [0.29, 0.717) is 49.0 Å². The van der Waals surface area contributed by atoms with Crippen LogP contribution in [0, 0.1) is 6.92 Å². The van der Waals surface area contributed by atoms with Gasteiger partial charge in [0.1, 0.15) is 6.61 Å². The molecule has 1 aliphatic rings. The van der Waals surface area contributed by atoms with Gasteiger partial charge in [-0.3, -0.25) is 14.6 Å². The van der Waals surface area contributed by atoms with Crippen molar-refractivity contribution in [3.63, 3.8) is 0 Å². The van der Waals surface area contributed by atoms with E-state index >= 15 is 0 Å². The van der Waals surface area contributed by atoms with Crippen molar-refractivity contribution in [2.45, 2.75) is 13.5 Å². The number of aromatic nitrogens is 1. The second-order valence-corrected chi connectivity index (χ2v) is 8.60. The smallest absolute Gasteiger partial charge is 0.338 e. The highest BCUT2D eigenvalue weighted by molar-refractivity contribution is 6.42. The number of hydrogen-bond donors (Lipinski definition) is 0. The van der Waals surface area contributed by atoms with Gasteiger partial charge in [0.15, 0.2) is 0 Å². The molecule has 4 aromatic rings. The summed E-state index contributed by atoms with van der Waals surface area (Å²) >= 11 is 11.9. The standard InChI is InChI=1S/C26H16Cl2N2O4/c1-14-22-23(18-4-2-3-5-21(18)29-14)25(32)30(24(22)31)17-9-7-16(8-10-17)26(33)34-13-15-6-11-19(27)20(28)12-15/h2-12H,13H2,1H3. The van der Waals surface area contributed by atoms with E-state index in [1.807, 2.05) is 6.07 Å². The SMILES string of the molecule is Cc1nc2ccccc2c2c1C(=O)N(c1ccc(C(=O)OCc3ccc(Cl)c(Cl)c3)cc1)C2=O. The lowest BCUT2D eigenvalue weighted by Gasteiger charge is -2.14. The first-order valence-electron chi connectivity index (χ1n) is 10.3. The third-order valence-corrected chi connectivity index (χ3v) is 6.36. The number of hydrogen-bond acceptors (Lipinski definition) is 5. The highest BCUT2D eigenvalue weighted by Gasteiger charge is 2.40. The third-order valence-electron chi connectivity index (χ3n) is 5.62. The fourth-order valence-electron chi connectivity index (χ4n) is 3.98. The van der Waals surface area contributed by atoms with Crippen LogP contribution < -0.4 is 4.90 Å². The van der Waals surface area contributed by atoms with Crippen molar-refractivity contribution < 1.29 is 19.1 Å². The van der Waals surface area contributed by atoms with E-state index in [1.165, 1.54) is 12.1 Å². The predicted molar refractivity (Wildman–Crippen MR) is 130 cm³/mol. The zero-order chi connectivity index (χ0) is 24.0. The second-order valence-electron chi connectivity index (χ2n) is 7.78. The molecule has 0 N–H and O–H groups in total. The number of nitrogens with zero attached hydrogens (tertiary/aromatic N) is 2. The largest absolute Gasteiger partial charge is 0.457 e. The molecule has 0 saturated carbocycles. The molecule has 0 spiro atoms. The first-order valence-corrected chi connectivity index (χ1v) is 11.1. The molecule has 2 amide bonds. The van der Waals surface area contributed by atoms with Gasteiger partial charge in [-0.15, -0.1) is 0 Å². The molecule has 0 fully saturated rings. The van der Waals surface area contributed by atoms with Gasteiger partial charge in [0.05, 0.1) is 43.6 Å². The number of amides is 2. The first-order chi connectivity index (χ1) is 16.3. The lowest BCUT2D eigenvalue weighted by Crippen LogP contribution is -2.29. The Morgan fingerprint density at radius 3 is 2.35 bits per heavy atom. The van der Waals surface area contributed by atoms with Crippen LogP contribution in [0.25, 0.3) is 10.9 Å². The third kappa shape index (κ3) is 3.71. The van der Waals surface area contributed by atoms with Gasteiger partial charge in [0.2, 0.25) is 0 Å². The number of carbonyl (C=O) groups is 3. The molecule has 3 aromatic carbocycles. The second kappa shape index (κ2) is 8.56. The maximum Gasteiger partial charge on any atom is 0.338 e. The average Bonchev–Trinajstić information content (AvgIpc) is 3.10. The number of ether oxygens (including phenoxy) is 1. The van der Waals surface area contributed by atoms with E-state index in [1.54, 1.807) is 55.5 Å². The summed E-state index contributed by atoms with van der Waals surface area (Å²) in [5.41, 5.74) is 3.13. The molecule has 0 atom stereocenters. The molecule has 0 bridgehead atoms. The molecular weight excluding hydrogens is 475 g/mol. The lowest BCUT2D eigenvalue weighted by molar-refractivity contribution is 0.0472. The number of carbonyl (C=O) groups excluding carboxylic acids is 3. The van der Waals surface area contributed by atoms with Gasteiger partial charge < -0.3 is 4.74 Å². The molecule has 5 rings (SSSR count). The number of anilines is 1. The van der Waals surface area contributed by atoms with Crippen molar-refractivity contribution in [3.05, 3.63) is 105 Å². The maximum atomic E-state index is 13.3. The topological polar surface area (TPSA) is 76.6 Å². The fourth-order valence-corrected chi connectivity index (χ4v) is 4.30. The van der Waals surface area contributed by atoms with Gasteiger partial charge in [0, 0.05) is 5.39 Å². The Bertz CT molecular complexity index is 1500. The number of aryl methyl sites for hydroxylation is 1. The summed E-state index contributed by atoms with van der Waals surface area (Å²) < 4.78 is 5.33. The number of para-hydroxylation sites is 1. The summed E-state index contributed by atoms with van der Waals surface area (Å²) in [5.74, 6) is -1.41. The Labute approximate surface area is 204 Å². The minimum atomic E-state index is -0.550. The van der Waals surface area contributed by atoms with Crippen molar-refractivity contribution in [2.75, 3.05) is 4.90 Å². The molecule has 168 valence electrons. The molecule has 6 nitrogen and oxygen atoms in total. The van der Waals surface area contributed by atoms with Crippen molar-refractivity contribution in [1.29, 1.82) is 0 Å². The van der Waals surface area contributed by atoms with E-state index in [2.05, 4.69) is 4.98 Å². The van der Waals surface area contributed by atoms with E-state index in [0.717, 1.165) is 4.90 Å². The zero-order valence-corrected chi connectivity index (χ0v) is 19.4. The van der Waals surface area contributed by atoms with E-state index in [9.17, 15) is 14.4 Å². The number of fused-ring (bicyclic) bond motifs is 3. The molecule has 8 heteroatoms. The van der Waals surface area contributed by atoms with Crippen LogP contribution in [0.3, 0.4) is 0 Å². The van der Waals surface area contributed by atoms with Crippen LogP contribution in [0.15, 0.2) is 66.7 Å². The van der Waals surface area contributed by atoms with E-state index in [4.69, 9.17) is 27.9 Å². The number of imide groups is 1. The average molecular weight is 491 g/mol. The van der Waals surface area contributed by atoms with Crippen LogP contribution in [0.4, 0.5) is 5.69 Å². The van der Waals surface area contributed by atoms with Gasteiger partial charge in [-0.1, -0.05) is 47.5 Å². The number of esters is 1. The Hall–Kier alpha value is -3.74. The van der Waals surface area contributed by atoms with Crippen LogP contribution in [0.1, 0.15) is 42.3 Å². The summed E-state index contributed by atoms with van der Waals surface area (Å²) in [4.78, 5) is 44.5. The molecule has 0 radical (unpaired) electrons. The highest BCUT2D eigenvalue weighted by Crippen LogP contribution is 2.34. The van der Waals surface area contributed by atoms with Gasteiger partial charge in [-0.05, 0) is 55.0 Å². The molecule has 0 unspecified atom stereocenters. The monoisotopic (exact) mass is 490 g/mol. The van der Waals surface area contributed by atoms with Crippen molar-refractivity contribution in [3.8, 4) is 0 Å². The van der Waals surface area contributed by atoms with Crippen LogP contribution in [-0.2, 0) is 11.3 Å². The lowest BCUT2D eigenvalue weighted by atomic mass is 10.0. The summed E-state index contributed by atoms with van der Waals surface area (Å²) in [7, 11) is 0. The van der Waals surface area contributed by atoms with E-state index < -0.39 is 17.8 Å². The molecule has 1 aromatic heterocycles. The van der Waals surface area contributed by atoms with Gasteiger partial charge >= 0.3 is 5.97 Å². The molecule has 1 aliphatic heterocycles.